The zero-order valence-electron chi connectivity index (χ0n) is 19.2. The molecule has 3 atom stereocenters. The number of ether oxygens (including phenoxy) is 2. The summed E-state index contributed by atoms with van der Waals surface area (Å²) in [6, 6.07) is -0.705. The number of aromatic hydroxyl groups is 1. The van der Waals surface area contributed by atoms with Crippen LogP contribution >= 0.6 is 0 Å². The van der Waals surface area contributed by atoms with Gasteiger partial charge in [0.15, 0.2) is 11.4 Å². The van der Waals surface area contributed by atoms with Crippen molar-refractivity contribution in [1.29, 1.82) is 0 Å². The number of halogens is 5. The highest BCUT2D eigenvalue weighted by Gasteiger charge is 2.60. The molecule has 2 bridgehead atoms. The molecule has 4 heterocycles. The first-order valence-electron chi connectivity index (χ1n) is 11.3. The van der Waals surface area contributed by atoms with Gasteiger partial charge in [-0.25, -0.2) is 13.2 Å². The number of hydrogen-bond donors (Lipinski definition) is 2. The summed E-state index contributed by atoms with van der Waals surface area (Å²) in [5, 5.41) is 12.8. The Morgan fingerprint density at radius 3 is 2.51 bits per heavy atom. The fourth-order valence-electron chi connectivity index (χ4n) is 5.10. The molecule has 0 saturated carbocycles. The van der Waals surface area contributed by atoms with Crippen LogP contribution in [0.2, 0.25) is 0 Å². The van der Waals surface area contributed by atoms with Gasteiger partial charge in [-0.1, -0.05) is 0 Å². The van der Waals surface area contributed by atoms with Crippen molar-refractivity contribution in [2.24, 2.45) is 0 Å². The van der Waals surface area contributed by atoms with E-state index in [4.69, 9.17) is 4.74 Å². The number of alkyl halides is 2. The van der Waals surface area contributed by atoms with E-state index >= 15 is 0 Å². The zero-order valence-corrected chi connectivity index (χ0v) is 19.2. The number of aromatic nitrogens is 1. The summed E-state index contributed by atoms with van der Waals surface area (Å²) in [6.07, 6.45) is -2.70. The number of nitrogens with zero attached hydrogens (tertiary/aromatic N) is 2. The predicted molar refractivity (Wildman–Crippen MR) is 113 cm³/mol. The topological polar surface area (TPSA) is 110 Å². The van der Waals surface area contributed by atoms with E-state index in [1.165, 1.54) is 4.90 Å². The smallest absolute Gasteiger partial charge is 0.486 e. The largest absolute Gasteiger partial charge is 0.503 e. The third-order valence-corrected chi connectivity index (χ3v) is 7.09. The van der Waals surface area contributed by atoms with Crippen LogP contribution in [0.3, 0.4) is 0 Å². The van der Waals surface area contributed by atoms with Crippen molar-refractivity contribution in [3.8, 4) is 5.75 Å². The predicted octanol–water partition coefficient (Wildman–Crippen LogP) is 2.42. The van der Waals surface area contributed by atoms with Gasteiger partial charge in [-0.3, -0.25) is 23.9 Å². The van der Waals surface area contributed by atoms with Crippen molar-refractivity contribution in [3.63, 3.8) is 0 Å². The summed E-state index contributed by atoms with van der Waals surface area (Å²) in [4.78, 5) is 40.2. The molecule has 1 spiro atoms. The molecule has 0 aliphatic carbocycles. The minimum Gasteiger partial charge on any atom is -0.503 e. The van der Waals surface area contributed by atoms with Crippen LogP contribution in [0.5, 0.6) is 5.75 Å². The monoisotopic (exact) mass is 529 g/mol. The Morgan fingerprint density at radius 2 is 1.89 bits per heavy atom. The van der Waals surface area contributed by atoms with E-state index in [0.717, 1.165) is 10.8 Å². The second-order valence-electron chi connectivity index (χ2n) is 9.29. The molecule has 9 nitrogen and oxygen atoms in total. The lowest BCUT2D eigenvalue weighted by atomic mass is 9.89. The van der Waals surface area contributed by atoms with Crippen molar-refractivity contribution in [2.75, 3.05) is 13.2 Å². The Bertz CT molecular complexity index is 1360. The SMILES string of the molecule is CC1CC[C@]2(COC(F)(F)O2)C2CN1C(=O)c1c(O)c(=O)c(C(=O)NCc3c(F)cc(F)cc3F)cn12. The maximum absolute atomic E-state index is 14.0. The first kappa shape index (κ1) is 25.1. The van der Waals surface area contributed by atoms with Crippen LogP contribution in [0.15, 0.2) is 23.1 Å². The third-order valence-electron chi connectivity index (χ3n) is 7.09. The van der Waals surface area contributed by atoms with Gasteiger partial charge < -0.3 is 19.9 Å². The maximum atomic E-state index is 14.0. The van der Waals surface area contributed by atoms with Gasteiger partial charge in [0, 0.05) is 43.0 Å². The Balaban J connectivity index is 1.56. The second-order valence-corrected chi connectivity index (χ2v) is 9.29. The van der Waals surface area contributed by atoms with Crippen molar-refractivity contribution in [3.05, 3.63) is 62.8 Å². The minimum absolute atomic E-state index is 0.0369. The highest BCUT2D eigenvalue weighted by Crippen LogP contribution is 2.48. The fourth-order valence-corrected chi connectivity index (χ4v) is 5.10. The molecular weight excluding hydrogens is 509 g/mol. The van der Waals surface area contributed by atoms with Crippen LogP contribution in [0.1, 0.15) is 52.2 Å². The first-order valence-corrected chi connectivity index (χ1v) is 11.3. The van der Waals surface area contributed by atoms with Gasteiger partial charge in [0.2, 0.25) is 5.43 Å². The second kappa shape index (κ2) is 8.52. The van der Waals surface area contributed by atoms with Crippen molar-refractivity contribution < 1.29 is 46.1 Å². The molecule has 1 aromatic carbocycles. The van der Waals surface area contributed by atoms with Crippen molar-refractivity contribution >= 4 is 11.8 Å². The maximum Gasteiger partial charge on any atom is 0.486 e. The Labute approximate surface area is 205 Å². The molecule has 2 saturated heterocycles. The summed E-state index contributed by atoms with van der Waals surface area (Å²) in [5.41, 5.74) is -4.83. The average molecular weight is 529 g/mol. The van der Waals surface area contributed by atoms with Crippen LogP contribution in [0, 0.1) is 17.5 Å². The molecule has 37 heavy (non-hydrogen) atoms. The number of benzene rings is 1. The average Bonchev–Trinajstić information content (AvgIpc) is 3.07. The molecular formula is C23H20F5N3O6. The van der Waals surface area contributed by atoms with E-state index in [1.807, 2.05) is 0 Å². The number of fused-ring (bicyclic) bond motifs is 5. The molecule has 3 aliphatic heterocycles. The molecule has 2 N–H and O–H groups in total. The number of nitrogens with one attached hydrogen (secondary N) is 1. The highest BCUT2D eigenvalue weighted by molar-refractivity contribution is 5.99. The van der Waals surface area contributed by atoms with Gasteiger partial charge in [-0.15, -0.1) is 8.78 Å². The molecule has 198 valence electrons. The molecule has 5 rings (SSSR count). The zero-order chi connectivity index (χ0) is 26.9. The molecule has 14 heteroatoms. The Hall–Kier alpha value is -3.52. The van der Waals surface area contributed by atoms with Gasteiger partial charge in [0.05, 0.1) is 12.6 Å². The molecule has 2 amide bonds. The lowest BCUT2D eigenvalue weighted by molar-refractivity contribution is -0.359. The molecule has 3 aliphatic rings. The third kappa shape index (κ3) is 4.03. The summed E-state index contributed by atoms with van der Waals surface area (Å²) >= 11 is 0. The Kier molecular flexibility index (Phi) is 5.79. The summed E-state index contributed by atoms with van der Waals surface area (Å²) < 4.78 is 79.6. The van der Waals surface area contributed by atoms with Crippen molar-refractivity contribution in [1.82, 2.24) is 14.8 Å². The molecule has 1 aromatic heterocycles. The minimum atomic E-state index is -3.91. The van der Waals surface area contributed by atoms with Gasteiger partial charge in [-0.05, 0) is 19.8 Å². The number of hydrogen-bond acceptors (Lipinski definition) is 6. The first-order chi connectivity index (χ1) is 17.3. The van der Waals surface area contributed by atoms with Crippen molar-refractivity contribution in [2.45, 2.75) is 50.3 Å². The van der Waals surface area contributed by atoms with E-state index in [0.29, 0.717) is 12.1 Å². The van der Waals surface area contributed by atoms with E-state index in [-0.39, 0.29) is 19.4 Å². The van der Waals surface area contributed by atoms with Gasteiger partial charge in [0.1, 0.15) is 28.6 Å². The van der Waals surface area contributed by atoms with E-state index < -0.39 is 94.4 Å². The number of amides is 2. The van der Waals surface area contributed by atoms with E-state index in [1.54, 1.807) is 6.92 Å². The van der Waals surface area contributed by atoms with Gasteiger partial charge >= 0.3 is 6.29 Å². The standard InChI is InChI=1S/C23H20F5N3O6/c1-10-2-3-22(9-36-23(27,28)37-22)16-8-30(10)21(35)17-19(33)18(32)13(7-31(16)17)20(34)29-6-12-14(25)4-11(24)5-15(12)26/h4-5,7,10,16,33H,2-3,6,8-9H2,1H3,(H,29,34)/t10?,16?,22-/m0/s1. The summed E-state index contributed by atoms with van der Waals surface area (Å²) in [7, 11) is 0. The lowest BCUT2D eigenvalue weighted by Gasteiger charge is -2.42. The fraction of sp³-hybridized carbons (Fsp3) is 0.435. The lowest BCUT2D eigenvalue weighted by Crippen LogP contribution is -2.53. The molecule has 0 radical (unpaired) electrons. The normalized spacial score (nSPS) is 26.2. The number of pyridine rings is 1. The summed E-state index contributed by atoms with van der Waals surface area (Å²) in [5.74, 6) is -6.75. The number of rotatable bonds is 3. The van der Waals surface area contributed by atoms with Crippen LogP contribution in [-0.2, 0) is 16.0 Å². The van der Waals surface area contributed by atoms with Crippen LogP contribution in [0.4, 0.5) is 22.0 Å². The molecule has 2 fully saturated rings. The quantitative estimate of drug-likeness (QED) is 0.592. The van der Waals surface area contributed by atoms with E-state index in [9.17, 15) is 41.4 Å². The van der Waals surface area contributed by atoms with E-state index in [2.05, 4.69) is 10.1 Å². The number of carbonyl (C=O) groups is 2. The molecule has 2 aromatic rings. The Morgan fingerprint density at radius 1 is 1.22 bits per heavy atom. The highest BCUT2D eigenvalue weighted by atomic mass is 19.3. The van der Waals surface area contributed by atoms with Crippen LogP contribution < -0.4 is 10.7 Å². The summed E-state index contributed by atoms with van der Waals surface area (Å²) in [6.45, 7) is 0.208. The van der Waals surface area contributed by atoms with Crippen LogP contribution in [-0.4, -0.2) is 57.5 Å². The van der Waals surface area contributed by atoms with Gasteiger partial charge in [-0.2, -0.15) is 0 Å². The number of carbonyl (C=O) groups excluding carboxylic acids is 2. The van der Waals surface area contributed by atoms with Crippen LogP contribution in [0.25, 0.3) is 0 Å². The molecule has 2 unspecified atom stereocenters. The van der Waals surface area contributed by atoms with Gasteiger partial charge in [0.25, 0.3) is 11.8 Å².